The Morgan fingerprint density at radius 3 is 2.10 bits per heavy atom. The van der Waals surface area contributed by atoms with Crippen molar-refractivity contribution in [1.82, 2.24) is 5.32 Å². The molecule has 0 amide bonds. The minimum Gasteiger partial charge on any atom is -0.313 e. The summed E-state index contributed by atoms with van der Waals surface area (Å²) in [6.07, 6.45) is 0.841. The first kappa shape index (κ1) is 16.4. The van der Waals surface area contributed by atoms with Gasteiger partial charge in [0.15, 0.2) is 0 Å². The van der Waals surface area contributed by atoms with Crippen molar-refractivity contribution in [1.29, 1.82) is 0 Å². The van der Waals surface area contributed by atoms with Crippen LogP contribution in [-0.4, -0.2) is 7.05 Å². The van der Waals surface area contributed by atoms with Crippen LogP contribution in [0.3, 0.4) is 0 Å². The fourth-order valence-electron chi connectivity index (χ4n) is 2.41. The van der Waals surface area contributed by atoms with Crippen molar-refractivity contribution in [3.63, 3.8) is 0 Å². The van der Waals surface area contributed by atoms with Gasteiger partial charge in [-0.2, -0.15) is 0 Å². The van der Waals surface area contributed by atoms with Crippen LogP contribution < -0.4 is 5.32 Å². The molecule has 2 aromatic carbocycles. The molecule has 1 unspecified atom stereocenters. The lowest BCUT2D eigenvalue weighted by Crippen LogP contribution is -2.19. The molecule has 0 aliphatic rings. The Bertz CT molecular complexity index is 591. The highest BCUT2D eigenvalue weighted by Crippen LogP contribution is 2.27. The summed E-state index contributed by atoms with van der Waals surface area (Å²) in [6, 6.07) is 14.7. The van der Waals surface area contributed by atoms with Crippen LogP contribution in [0, 0.1) is 0 Å². The van der Waals surface area contributed by atoms with E-state index in [0.717, 1.165) is 17.0 Å². The van der Waals surface area contributed by atoms with Crippen LogP contribution in [0.5, 0.6) is 0 Å². The summed E-state index contributed by atoms with van der Waals surface area (Å²) < 4.78 is 0. The highest BCUT2D eigenvalue weighted by atomic mass is 35.5. The first-order chi connectivity index (χ1) is 10.0. The van der Waals surface area contributed by atoms with E-state index in [4.69, 9.17) is 23.2 Å². The smallest absolute Gasteiger partial charge is 0.0453 e. The largest absolute Gasteiger partial charge is 0.313 e. The molecule has 0 aliphatic carbocycles. The summed E-state index contributed by atoms with van der Waals surface area (Å²) in [4.78, 5) is 0. The molecule has 0 bridgehead atoms. The van der Waals surface area contributed by atoms with Crippen LogP contribution >= 0.6 is 23.2 Å². The van der Waals surface area contributed by atoms with Crippen molar-refractivity contribution in [3.8, 4) is 0 Å². The van der Waals surface area contributed by atoms with E-state index in [9.17, 15) is 0 Å². The normalized spacial score (nSPS) is 12.7. The molecule has 0 radical (unpaired) electrons. The van der Waals surface area contributed by atoms with Crippen molar-refractivity contribution in [2.75, 3.05) is 7.05 Å². The van der Waals surface area contributed by atoms with E-state index < -0.39 is 0 Å². The van der Waals surface area contributed by atoms with Crippen molar-refractivity contribution >= 4 is 23.2 Å². The molecule has 112 valence electrons. The lowest BCUT2D eigenvalue weighted by Gasteiger charge is -2.18. The van der Waals surface area contributed by atoms with Gasteiger partial charge in [-0.1, -0.05) is 67.4 Å². The van der Waals surface area contributed by atoms with Gasteiger partial charge >= 0.3 is 0 Å². The van der Waals surface area contributed by atoms with Gasteiger partial charge < -0.3 is 5.32 Å². The second kappa shape index (κ2) is 7.31. The molecule has 0 aromatic heterocycles. The molecule has 2 rings (SSSR count). The summed E-state index contributed by atoms with van der Waals surface area (Å²) in [6.45, 7) is 4.41. The topological polar surface area (TPSA) is 12.0 Å². The van der Waals surface area contributed by atoms with Gasteiger partial charge in [-0.15, -0.1) is 0 Å². The Kier molecular flexibility index (Phi) is 5.69. The van der Waals surface area contributed by atoms with Crippen molar-refractivity contribution in [3.05, 3.63) is 69.2 Å². The van der Waals surface area contributed by atoms with Crippen LogP contribution in [0.2, 0.25) is 10.0 Å². The standard InChI is InChI=1S/C18H21Cl2N/c1-12(2)13-4-6-14(7-5-13)18(21-3)10-15-8-9-16(19)11-17(15)20/h4-9,11-12,18,21H,10H2,1-3H3. The highest BCUT2D eigenvalue weighted by Gasteiger charge is 2.13. The SMILES string of the molecule is CNC(Cc1ccc(Cl)cc1Cl)c1ccc(C(C)C)cc1. The molecule has 1 N–H and O–H groups in total. The number of hydrogen-bond acceptors (Lipinski definition) is 1. The first-order valence-corrected chi connectivity index (χ1v) is 7.98. The average Bonchev–Trinajstić information content (AvgIpc) is 2.47. The first-order valence-electron chi connectivity index (χ1n) is 7.22. The van der Waals surface area contributed by atoms with Gasteiger partial charge in [0.05, 0.1) is 0 Å². The van der Waals surface area contributed by atoms with E-state index in [0.29, 0.717) is 10.9 Å². The molecule has 21 heavy (non-hydrogen) atoms. The third-order valence-electron chi connectivity index (χ3n) is 3.79. The second-order valence-electron chi connectivity index (χ2n) is 5.60. The molecule has 0 spiro atoms. The quantitative estimate of drug-likeness (QED) is 0.753. The van der Waals surface area contributed by atoms with E-state index in [1.54, 1.807) is 6.07 Å². The minimum atomic E-state index is 0.241. The number of likely N-dealkylation sites (N-methyl/N-ethyl adjacent to an activating group) is 1. The fourth-order valence-corrected chi connectivity index (χ4v) is 2.89. The Morgan fingerprint density at radius 2 is 1.57 bits per heavy atom. The molecule has 0 aliphatic heterocycles. The number of halogens is 2. The molecular formula is C18H21Cl2N. The van der Waals surface area contributed by atoms with Crippen molar-refractivity contribution in [2.24, 2.45) is 0 Å². The van der Waals surface area contributed by atoms with Crippen LogP contribution in [-0.2, 0) is 6.42 Å². The van der Waals surface area contributed by atoms with Gasteiger partial charge in [-0.25, -0.2) is 0 Å². The number of nitrogens with one attached hydrogen (secondary N) is 1. The third-order valence-corrected chi connectivity index (χ3v) is 4.38. The number of hydrogen-bond donors (Lipinski definition) is 1. The second-order valence-corrected chi connectivity index (χ2v) is 6.45. The lowest BCUT2D eigenvalue weighted by molar-refractivity contribution is 0.592. The predicted octanol–water partition coefficient (Wildman–Crippen LogP) is 5.62. The van der Waals surface area contributed by atoms with Gasteiger partial charge in [0, 0.05) is 16.1 Å². The Hall–Kier alpha value is -1.02. The Morgan fingerprint density at radius 1 is 0.952 bits per heavy atom. The zero-order chi connectivity index (χ0) is 15.4. The molecular weight excluding hydrogens is 301 g/mol. The maximum absolute atomic E-state index is 6.27. The maximum atomic E-state index is 6.27. The van der Waals surface area contributed by atoms with Gasteiger partial charge in [0.25, 0.3) is 0 Å². The Balaban J connectivity index is 2.19. The summed E-state index contributed by atoms with van der Waals surface area (Å²) in [5.74, 6) is 0.554. The van der Waals surface area contributed by atoms with E-state index >= 15 is 0 Å². The zero-order valence-electron chi connectivity index (χ0n) is 12.7. The molecule has 0 saturated carbocycles. The van der Waals surface area contributed by atoms with Crippen LogP contribution in [0.15, 0.2) is 42.5 Å². The fraction of sp³-hybridized carbons (Fsp3) is 0.333. The van der Waals surface area contributed by atoms with E-state index in [1.165, 1.54) is 11.1 Å². The van der Waals surface area contributed by atoms with Gasteiger partial charge in [-0.3, -0.25) is 0 Å². The molecule has 0 heterocycles. The van der Waals surface area contributed by atoms with E-state index in [-0.39, 0.29) is 6.04 Å². The zero-order valence-corrected chi connectivity index (χ0v) is 14.2. The molecule has 2 aromatic rings. The van der Waals surface area contributed by atoms with E-state index in [1.807, 2.05) is 19.2 Å². The summed E-state index contributed by atoms with van der Waals surface area (Å²) in [5, 5.41) is 4.76. The Labute approximate surface area is 137 Å². The van der Waals surface area contributed by atoms with Gasteiger partial charge in [-0.05, 0) is 48.2 Å². The summed E-state index contributed by atoms with van der Waals surface area (Å²) in [7, 11) is 1.98. The van der Waals surface area contributed by atoms with Crippen LogP contribution in [0.1, 0.15) is 42.5 Å². The highest BCUT2D eigenvalue weighted by molar-refractivity contribution is 6.35. The molecule has 1 nitrogen and oxygen atoms in total. The third kappa shape index (κ3) is 4.23. The van der Waals surface area contributed by atoms with Crippen LogP contribution in [0.4, 0.5) is 0 Å². The maximum Gasteiger partial charge on any atom is 0.0453 e. The molecule has 0 saturated heterocycles. The molecule has 3 heteroatoms. The number of rotatable bonds is 5. The van der Waals surface area contributed by atoms with Crippen LogP contribution in [0.25, 0.3) is 0 Å². The number of benzene rings is 2. The van der Waals surface area contributed by atoms with Gasteiger partial charge in [0.2, 0.25) is 0 Å². The lowest BCUT2D eigenvalue weighted by atomic mass is 9.95. The van der Waals surface area contributed by atoms with Crippen molar-refractivity contribution < 1.29 is 0 Å². The summed E-state index contributed by atoms with van der Waals surface area (Å²) in [5.41, 5.74) is 3.74. The minimum absolute atomic E-state index is 0.241. The monoisotopic (exact) mass is 321 g/mol. The van der Waals surface area contributed by atoms with Gasteiger partial charge in [0.1, 0.15) is 0 Å². The van der Waals surface area contributed by atoms with E-state index in [2.05, 4.69) is 43.4 Å². The average molecular weight is 322 g/mol. The summed E-state index contributed by atoms with van der Waals surface area (Å²) >= 11 is 12.2. The van der Waals surface area contributed by atoms with Crippen molar-refractivity contribution in [2.45, 2.75) is 32.2 Å². The molecule has 1 atom stereocenters. The molecule has 0 fully saturated rings. The predicted molar refractivity (Wildman–Crippen MR) is 92.5 cm³/mol.